The molecule has 0 radical (unpaired) electrons. The van der Waals surface area contributed by atoms with Crippen LogP contribution in [0.2, 0.25) is 0 Å². The van der Waals surface area contributed by atoms with Crippen LogP contribution in [0, 0.1) is 5.92 Å². The minimum Gasteiger partial charge on any atom is -0.461 e. The first kappa shape index (κ1) is 11.5. The van der Waals surface area contributed by atoms with Crippen molar-refractivity contribution in [2.75, 3.05) is 7.05 Å². The zero-order chi connectivity index (χ0) is 11.7. The van der Waals surface area contributed by atoms with Crippen molar-refractivity contribution >= 4 is 6.08 Å². The summed E-state index contributed by atoms with van der Waals surface area (Å²) in [5, 5.41) is 3.22. The molecule has 0 bridgehead atoms. The third kappa shape index (κ3) is 2.38. The molecule has 1 aromatic heterocycles. The molecule has 1 aliphatic carbocycles. The van der Waals surface area contributed by atoms with Gasteiger partial charge in [0, 0.05) is 12.0 Å². The third-order valence-electron chi connectivity index (χ3n) is 3.61. The van der Waals surface area contributed by atoms with Gasteiger partial charge in [0.05, 0.1) is 0 Å². The van der Waals surface area contributed by atoms with Crippen molar-refractivity contribution in [2.24, 2.45) is 5.92 Å². The molecule has 1 N–H and O–H groups in total. The van der Waals surface area contributed by atoms with Crippen molar-refractivity contribution < 1.29 is 4.42 Å². The van der Waals surface area contributed by atoms with E-state index in [0.717, 1.165) is 17.4 Å². The Hall–Kier alpha value is -1.02. The average molecular weight is 219 g/mol. The minimum atomic E-state index is 0.397. The molecule has 1 saturated carbocycles. The number of likely N-dealkylation sites (N-methyl/N-ethyl adjacent to an activating group) is 1. The second-order valence-corrected chi connectivity index (χ2v) is 4.96. The Morgan fingerprint density at radius 2 is 2.25 bits per heavy atom. The zero-order valence-electron chi connectivity index (χ0n) is 10.6. The van der Waals surface area contributed by atoms with Gasteiger partial charge in [0.15, 0.2) is 0 Å². The Kier molecular flexibility index (Phi) is 3.20. The largest absolute Gasteiger partial charge is 0.461 e. The Morgan fingerprint density at radius 3 is 2.81 bits per heavy atom. The molecule has 0 aromatic carbocycles. The topological polar surface area (TPSA) is 25.2 Å². The van der Waals surface area contributed by atoms with Gasteiger partial charge in [-0.05, 0) is 51.4 Å². The SMILES string of the molecule is CNC(C)/C(C)=C/c1ccc(C2CC2C)o1. The van der Waals surface area contributed by atoms with Gasteiger partial charge in [0.25, 0.3) is 0 Å². The molecule has 1 heterocycles. The van der Waals surface area contributed by atoms with Crippen LogP contribution in [0.1, 0.15) is 44.6 Å². The van der Waals surface area contributed by atoms with Gasteiger partial charge in [0.2, 0.25) is 0 Å². The molecule has 16 heavy (non-hydrogen) atoms. The number of furan rings is 1. The summed E-state index contributed by atoms with van der Waals surface area (Å²) in [6.07, 6.45) is 3.40. The Morgan fingerprint density at radius 1 is 1.56 bits per heavy atom. The molecule has 0 spiro atoms. The van der Waals surface area contributed by atoms with Crippen LogP contribution in [0.4, 0.5) is 0 Å². The van der Waals surface area contributed by atoms with E-state index in [1.807, 2.05) is 7.05 Å². The van der Waals surface area contributed by atoms with Crippen LogP contribution >= 0.6 is 0 Å². The summed E-state index contributed by atoms with van der Waals surface area (Å²) in [7, 11) is 1.97. The molecule has 1 aliphatic rings. The fourth-order valence-electron chi connectivity index (χ4n) is 1.94. The van der Waals surface area contributed by atoms with E-state index < -0.39 is 0 Å². The summed E-state index contributed by atoms with van der Waals surface area (Å²) < 4.78 is 5.84. The predicted octanol–water partition coefficient (Wildman–Crippen LogP) is 3.41. The van der Waals surface area contributed by atoms with Crippen LogP contribution in [-0.4, -0.2) is 13.1 Å². The van der Waals surface area contributed by atoms with Crippen molar-refractivity contribution in [3.8, 4) is 0 Å². The minimum absolute atomic E-state index is 0.397. The third-order valence-corrected chi connectivity index (χ3v) is 3.61. The zero-order valence-corrected chi connectivity index (χ0v) is 10.6. The van der Waals surface area contributed by atoms with Crippen LogP contribution in [0.5, 0.6) is 0 Å². The predicted molar refractivity (Wildman–Crippen MR) is 67.4 cm³/mol. The van der Waals surface area contributed by atoms with Gasteiger partial charge >= 0.3 is 0 Å². The van der Waals surface area contributed by atoms with E-state index in [1.165, 1.54) is 12.0 Å². The number of hydrogen-bond donors (Lipinski definition) is 1. The first-order valence-corrected chi connectivity index (χ1v) is 6.07. The monoisotopic (exact) mass is 219 g/mol. The van der Waals surface area contributed by atoms with E-state index in [9.17, 15) is 0 Å². The van der Waals surface area contributed by atoms with Crippen LogP contribution in [0.15, 0.2) is 22.1 Å². The summed E-state index contributed by atoms with van der Waals surface area (Å²) in [4.78, 5) is 0. The van der Waals surface area contributed by atoms with Gasteiger partial charge in [-0.25, -0.2) is 0 Å². The standard InChI is InChI=1S/C14H21NO/c1-9(11(3)15-4)7-12-5-6-14(16-12)13-8-10(13)2/h5-7,10-11,13,15H,8H2,1-4H3/b9-7+. The molecule has 1 fully saturated rings. The molecule has 2 rings (SSSR count). The second kappa shape index (κ2) is 4.46. The van der Waals surface area contributed by atoms with Gasteiger partial charge in [-0.1, -0.05) is 12.5 Å². The summed E-state index contributed by atoms with van der Waals surface area (Å²) in [5.41, 5.74) is 1.30. The first-order valence-electron chi connectivity index (χ1n) is 6.07. The fraction of sp³-hybridized carbons (Fsp3) is 0.571. The number of hydrogen-bond acceptors (Lipinski definition) is 2. The molecule has 88 valence electrons. The Bertz CT molecular complexity index is 391. The molecule has 2 heteroatoms. The lowest BCUT2D eigenvalue weighted by Gasteiger charge is -2.09. The lowest BCUT2D eigenvalue weighted by atomic mass is 10.1. The van der Waals surface area contributed by atoms with E-state index in [0.29, 0.717) is 12.0 Å². The summed E-state index contributed by atoms with van der Waals surface area (Å²) in [6.45, 7) is 6.55. The number of nitrogens with one attached hydrogen (secondary N) is 1. The van der Waals surface area contributed by atoms with Crippen LogP contribution < -0.4 is 5.32 Å². The molecule has 0 aliphatic heterocycles. The Labute approximate surface area is 97.7 Å². The smallest absolute Gasteiger partial charge is 0.127 e. The highest BCUT2D eigenvalue weighted by Crippen LogP contribution is 2.47. The van der Waals surface area contributed by atoms with E-state index in [1.54, 1.807) is 0 Å². The van der Waals surface area contributed by atoms with E-state index >= 15 is 0 Å². The Balaban J connectivity index is 2.07. The van der Waals surface area contributed by atoms with Crippen LogP contribution in [0.25, 0.3) is 6.08 Å². The fourth-order valence-corrected chi connectivity index (χ4v) is 1.94. The number of rotatable bonds is 4. The van der Waals surface area contributed by atoms with E-state index in [-0.39, 0.29) is 0 Å². The summed E-state index contributed by atoms with van der Waals surface area (Å²) in [5.74, 6) is 3.61. The summed E-state index contributed by atoms with van der Waals surface area (Å²) in [6, 6.07) is 4.59. The van der Waals surface area contributed by atoms with E-state index in [4.69, 9.17) is 4.42 Å². The van der Waals surface area contributed by atoms with Crippen molar-refractivity contribution in [3.63, 3.8) is 0 Å². The van der Waals surface area contributed by atoms with Gasteiger partial charge < -0.3 is 9.73 Å². The highest BCUT2D eigenvalue weighted by molar-refractivity contribution is 5.48. The molecule has 1 aromatic rings. The van der Waals surface area contributed by atoms with Crippen LogP contribution in [0.3, 0.4) is 0 Å². The maximum atomic E-state index is 5.84. The molecule has 0 saturated heterocycles. The van der Waals surface area contributed by atoms with E-state index in [2.05, 4.69) is 44.3 Å². The molecule has 0 amide bonds. The van der Waals surface area contributed by atoms with Crippen molar-refractivity contribution in [1.29, 1.82) is 0 Å². The molecule has 2 nitrogen and oxygen atoms in total. The first-order chi connectivity index (χ1) is 7.61. The maximum Gasteiger partial charge on any atom is 0.127 e. The van der Waals surface area contributed by atoms with Gasteiger partial charge in [0.1, 0.15) is 11.5 Å². The lowest BCUT2D eigenvalue weighted by Crippen LogP contribution is -2.21. The van der Waals surface area contributed by atoms with Gasteiger partial charge in [-0.2, -0.15) is 0 Å². The average Bonchev–Trinajstić information content (AvgIpc) is 2.82. The second-order valence-electron chi connectivity index (χ2n) is 4.96. The van der Waals surface area contributed by atoms with Gasteiger partial charge in [-0.3, -0.25) is 0 Å². The molecular weight excluding hydrogens is 198 g/mol. The lowest BCUT2D eigenvalue weighted by molar-refractivity contribution is 0.497. The maximum absolute atomic E-state index is 5.84. The van der Waals surface area contributed by atoms with Gasteiger partial charge in [-0.15, -0.1) is 0 Å². The van der Waals surface area contributed by atoms with Crippen molar-refractivity contribution in [3.05, 3.63) is 29.2 Å². The highest BCUT2D eigenvalue weighted by atomic mass is 16.3. The van der Waals surface area contributed by atoms with Crippen molar-refractivity contribution in [2.45, 2.75) is 39.2 Å². The highest BCUT2D eigenvalue weighted by Gasteiger charge is 2.36. The molecular formula is C14H21NO. The van der Waals surface area contributed by atoms with Crippen LogP contribution in [-0.2, 0) is 0 Å². The molecule has 3 unspecified atom stereocenters. The quantitative estimate of drug-likeness (QED) is 0.839. The van der Waals surface area contributed by atoms with Crippen molar-refractivity contribution in [1.82, 2.24) is 5.32 Å². The normalized spacial score (nSPS) is 26.9. The molecule has 3 atom stereocenters. The summed E-state index contributed by atoms with van der Waals surface area (Å²) >= 11 is 0.